The van der Waals surface area contributed by atoms with Gasteiger partial charge in [-0.15, -0.1) is 0 Å². The number of hydrogen-bond acceptors (Lipinski definition) is 3. The van der Waals surface area contributed by atoms with Gasteiger partial charge in [-0.2, -0.15) is 0 Å². The molecule has 0 unspecified atom stereocenters. The van der Waals surface area contributed by atoms with Crippen molar-refractivity contribution in [1.82, 2.24) is 14.9 Å². The molecule has 0 fully saturated rings. The molecule has 5 nitrogen and oxygen atoms in total. The van der Waals surface area contributed by atoms with Gasteiger partial charge in [0.2, 0.25) is 5.91 Å². The molecule has 0 spiro atoms. The van der Waals surface area contributed by atoms with Crippen LogP contribution in [0.3, 0.4) is 0 Å². The molecule has 0 saturated heterocycles. The fourth-order valence-electron chi connectivity index (χ4n) is 2.88. The number of methoxy groups -OCH3 is 1. The number of aryl methyl sites for hydroxylation is 2. The molecule has 0 aliphatic rings. The van der Waals surface area contributed by atoms with Crippen molar-refractivity contribution in [1.29, 1.82) is 0 Å². The Balaban J connectivity index is 1.82. The standard InChI is InChI=1S/C19H29N3O2/c1-3-4-14-22-17-11-8-7-10-16(17)21-18(22)12-6-5-9-13-20-19(23)15-24-2/h7-8,10-11H,3-6,9,12-15H2,1-2H3,(H,20,23). The van der Waals surface area contributed by atoms with Crippen molar-refractivity contribution in [2.75, 3.05) is 20.3 Å². The number of imidazole rings is 1. The second kappa shape index (κ2) is 10.1. The van der Waals surface area contributed by atoms with Gasteiger partial charge in [-0.25, -0.2) is 4.98 Å². The summed E-state index contributed by atoms with van der Waals surface area (Å²) in [6.07, 6.45) is 6.53. The van der Waals surface area contributed by atoms with Crippen LogP contribution in [0.15, 0.2) is 24.3 Å². The van der Waals surface area contributed by atoms with E-state index in [0.29, 0.717) is 6.54 Å². The highest BCUT2D eigenvalue weighted by Crippen LogP contribution is 2.18. The number of rotatable bonds is 11. The Bertz CT molecular complexity index is 637. The lowest BCUT2D eigenvalue weighted by Crippen LogP contribution is -2.27. The van der Waals surface area contributed by atoms with Crippen LogP contribution in [0, 0.1) is 0 Å². The minimum absolute atomic E-state index is 0.0427. The molecule has 24 heavy (non-hydrogen) atoms. The summed E-state index contributed by atoms with van der Waals surface area (Å²) in [4.78, 5) is 16.1. The number of unbranched alkanes of at least 4 members (excludes halogenated alkanes) is 3. The van der Waals surface area contributed by atoms with Gasteiger partial charge in [0.05, 0.1) is 11.0 Å². The highest BCUT2D eigenvalue weighted by atomic mass is 16.5. The Kier molecular flexibility index (Phi) is 7.75. The molecule has 132 valence electrons. The molecule has 0 atom stereocenters. The van der Waals surface area contributed by atoms with E-state index in [0.717, 1.165) is 37.7 Å². The van der Waals surface area contributed by atoms with Crippen molar-refractivity contribution in [3.63, 3.8) is 0 Å². The quantitative estimate of drug-likeness (QED) is 0.643. The number of para-hydroxylation sites is 2. The van der Waals surface area contributed by atoms with Crippen LogP contribution < -0.4 is 5.32 Å². The summed E-state index contributed by atoms with van der Waals surface area (Å²) in [6, 6.07) is 8.38. The fourth-order valence-corrected chi connectivity index (χ4v) is 2.88. The molecule has 1 heterocycles. The number of nitrogens with one attached hydrogen (secondary N) is 1. The number of nitrogens with zero attached hydrogens (tertiary/aromatic N) is 2. The number of carbonyl (C=O) groups excluding carboxylic acids is 1. The Hall–Kier alpha value is -1.88. The summed E-state index contributed by atoms with van der Waals surface area (Å²) in [6.45, 7) is 4.12. The predicted octanol–water partition coefficient (Wildman–Crippen LogP) is 3.31. The molecule has 0 radical (unpaired) electrons. The zero-order chi connectivity index (χ0) is 17.2. The van der Waals surface area contributed by atoms with E-state index in [1.807, 2.05) is 6.07 Å². The largest absolute Gasteiger partial charge is 0.375 e. The van der Waals surface area contributed by atoms with Gasteiger partial charge in [0, 0.05) is 26.6 Å². The van der Waals surface area contributed by atoms with Crippen molar-refractivity contribution in [2.24, 2.45) is 0 Å². The van der Waals surface area contributed by atoms with Gasteiger partial charge >= 0.3 is 0 Å². The Labute approximate surface area is 144 Å². The first-order chi connectivity index (χ1) is 11.8. The minimum atomic E-state index is -0.0427. The van der Waals surface area contributed by atoms with Gasteiger partial charge in [0.1, 0.15) is 12.4 Å². The minimum Gasteiger partial charge on any atom is -0.375 e. The van der Waals surface area contributed by atoms with Gasteiger partial charge in [-0.05, 0) is 31.4 Å². The van der Waals surface area contributed by atoms with Crippen molar-refractivity contribution >= 4 is 16.9 Å². The Morgan fingerprint density at radius 1 is 1.21 bits per heavy atom. The summed E-state index contributed by atoms with van der Waals surface area (Å²) in [7, 11) is 1.53. The number of aromatic nitrogens is 2. The van der Waals surface area contributed by atoms with E-state index in [1.165, 1.54) is 31.3 Å². The SMILES string of the molecule is CCCCn1c(CCCCCNC(=O)COC)nc2ccccc21. The molecule has 1 aromatic carbocycles. The van der Waals surface area contributed by atoms with Crippen molar-refractivity contribution in [3.8, 4) is 0 Å². The zero-order valence-electron chi connectivity index (χ0n) is 14.9. The van der Waals surface area contributed by atoms with Crippen molar-refractivity contribution in [2.45, 2.75) is 52.0 Å². The van der Waals surface area contributed by atoms with Crippen LogP contribution in [0.4, 0.5) is 0 Å². The molecule has 0 saturated carbocycles. The maximum absolute atomic E-state index is 11.3. The maximum atomic E-state index is 11.3. The lowest BCUT2D eigenvalue weighted by Gasteiger charge is -2.09. The maximum Gasteiger partial charge on any atom is 0.245 e. The number of fused-ring (bicyclic) bond motifs is 1. The summed E-state index contributed by atoms with van der Waals surface area (Å²) in [5, 5.41) is 2.86. The molecule has 0 aliphatic carbocycles. The summed E-state index contributed by atoms with van der Waals surface area (Å²) in [5.41, 5.74) is 2.34. The molecule has 0 aliphatic heterocycles. The molecule has 2 rings (SSSR count). The van der Waals surface area contributed by atoms with Crippen molar-refractivity contribution < 1.29 is 9.53 Å². The van der Waals surface area contributed by atoms with Crippen LogP contribution in [-0.4, -0.2) is 35.7 Å². The average Bonchev–Trinajstić information content (AvgIpc) is 2.94. The number of benzene rings is 1. The Morgan fingerprint density at radius 3 is 2.83 bits per heavy atom. The smallest absolute Gasteiger partial charge is 0.245 e. The summed E-state index contributed by atoms with van der Waals surface area (Å²) in [5.74, 6) is 1.15. The topological polar surface area (TPSA) is 56.2 Å². The predicted molar refractivity (Wildman–Crippen MR) is 97.1 cm³/mol. The molecule has 1 N–H and O–H groups in total. The molecule has 1 aromatic heterocycles. The molecule has 5 heteroatoms. The van der Waals surface area contributed by atoms with E-state index in [1.54, 1.807) is 0 Å². The lowest BCUT2D eigenvalue weighted by molar-refractivity contribution is -0.124. The number of ether oxygens (including phenoxy) is 1. The first-order valence-corrected chi connectivity index (χ1v) is 8.96. The molecular formula is C19H29N3O2. The third-order valence-corrected chi connectivity index (χ3v) is 4.14. The molecule has 2 aromatic rings. The first-order valence-electron chi connectivity index (χ1n) is 8.96. The van der Waals surface area contributed by atoms with Crippen LogP contribution in [0.25, 0.3) is 11.0 Å². The third kappa shape index (κ3) is 5.34. The van der Waals surface area contributed by atoms with E-state index in [-0.39, 0.29) is 12.5 Å². The second-order valence-electron chi connectivity index (χ2n) is 6.12. The lowest BCUT2D eigenvalue weighted by atomic mass is 10.2. The highest BCUT2D eigenvalue weighted by molar-refractivity contribution is 5.77. The van der Waals surface area contributed by atoms with E-state index >= 15 is 0 Å². The average molecular weight is 331 g/mol. The number of amides is 1. The van der Waals surface area contributed by atoms with Crippen LogP contribution in [-0.2, 0) is 22.5 Å². The second-order valence-corrected chi connectivity index (χ2v) is 6.12. The van der Waals surface area contributed by atoms with E-state index < -0.39 is 0 Å². The van der Waals surface area contributed by atoms with Crippen molar-refractivity contribution in [3.05, 3.63) is 30.1 Å². The normalized spacial score (nSPS) is 11.1. The Morgan fingerprint density at radius 2 is 2.04 bits per heavy atom. The van der Waals surface area contributed by atoms with Gasteiger partial charge in [0.25, 0.3) is 0 Å². The molecular weight excluding hydrogens is 302 g/mol. The third-order valence-electron chi connectivity index (χ3n) is 4.14. The van der Waals surface area contributed by atoms with E-state index in [9.17, 15) is 4.79 Å². The number of hydrogen-bond donors (Lipinski definition) is 1. The van der Waals surface area contributed by atoms with Crippen LogP contribution >= 0.6 is 0 Å². The monoisotopic (exact) mass is 331 g/mol. The first kappa shape index (κ1) is 18.5. The zero-order valence-corrected chi connectivity index (χ0v) is 14.9. The fraction of sp³-hybridized carbons (Fsp3) is 0.579. The number of carbonyl (C=O) groups is 1. The van der Waals surface area contributed by atoms with Crippen LogP contribution in [0.1, 0.15) is 44.9 Å². The highest BCUT2D eigenvalue weighted by Gasteiger charge is 2.09. The van der Waals surface area contributed by atoms with Gasteiger partial charge < -0.3 is 14.6 Å². The van der Waals surface area contributed by atoms with E-state index in [2.05, 4.69) is 35.0 Å². The summed E-state index contributed by atoms with van der Waals surface area (Å²) >= 11 is 0. The molecule has 0 bridgehead atoms. The van der Waals surface area contributed by atoms with Gasteiger partial charge in [-0.3, -0.25) is 4.79 Å². The van der Waals surface area contributed by atoms with Crippen LogP contribution in [0.2, 0.25) is 0 Å². The summed E-state index contributed by atoms with van der Waals surface area (Å²) < 4.78 is 7.16. The van der Waals surface area contributed by atoms with E-state index in [4.69, 9.17) is 9.72 Å². The van der Waals surface area contributed by atoms with Gasteiger partial charge in [0.15, 0.2) is 0 Å². The molecule has 1 amide bonds. The van der Waals surface area contributed by atoms with Gasteiger partial charge in [-0.1, -0.05) is 31.9 Å². The van der Waals surface area contributed by atoms with Crippen LogP contribution in [0.5, 0.6) is 0 Å².